The van der Waals surface area contributed by atoms with Crippen molar-refractivity contribution < 1.29 is 14.6 Å². The highest BCUT2D eigenvalue weighted by Crippen LogP contribution is 1.97. The highest BCUT2D eigenvalue weighted by molar-refractivity contribution is 7.99. The molecule has 9 heavy (non-hydrogen) atoms. The predicted octanol–water partition coefficient (Wildman–Crippen LogP) is 0.290. The average molecular weight is 152 g/mol. The average Bonchev–Trinajstić information content (AvgIpc) is 1.89. The smallest absolute Gasteiger partial charge is 0.147 e. The van der Waals surface area contributed by atoms with Gasteiger partial charge in [0.05, 0.1) is 12.5 Å². The Morgan fingerprint density at radius 1 is 1.56 bits per heavy atom. The van der Waals surface area contributed by atoms with Gasteiger partial charge < -0.3 is 14.6 Å². The van der Waals surface area contributed by atoms with Gasteiger partial charge >= 0.3 is 0 Å². The molecule has 0 aromatic heterocycles. The predicted molar refractivity (Wildman–Crippen MR) is 37.4 cm³/mol. The number of rotatable bonds is 6. The van der Waals surface area contributed by atoms with E-state index >= 15 is 0 Å². The van der Waals surface area contributed by atoms with Gasteiger partial charge in [0.2, 0.25) is 0 Å². The molecule has 4 heteroatoms. The summed E-state index contributed by atoms with van der Waals surface area (Å²) < 4.78 is 9.54. The highest BCUT2D eigenvalue weighted by Gasteiger charge is 1.85. The Morgan fingerprint density at radius 2 is 2.33 bits per heavy atom. The van der Waals surface area contributed by atoms with Crippen LogP contribution in [0, 0.1) is 0 Å². The number of hydrogen-bond donors (Lipinski definition) is 1. The first-order valence-corrected chi connectivity index (χ1v) is 3.82. The van der Waals surface area contributed by atoms with Crippen LogP contribution in [0.5, 0.6) is 0 Å². The lowest BCUT2D eigenvalue weighted by atomic mass is 10.9. The summed E-state index contributed by atoms with van der Waals surface area (Å²) in [7, 11) is 1.58. The molecule has 0 radical (unpaired) electrons. The minimum absolute atomic E-state index is 0.209. The van der Waals surface area contributed by atoms with Crippen molar-refractivity contribution in [3.63, 3.8) is 0 Å². The largest absolute Gasteiger partial charge is 0.396 e. The second-order valence-electron chi connectivity index (χ2n) is 1.36. The van der Waals surface area contributed by atoms with Crippen molar-refractivity contribution in [3.8, 4) is 0 Å². The van der Waals surface area contributed by atoms with Crippen LogP contribution in [0.2, 0.25) is 0 Å². The van der Waals surface area contributed by atoms with Crippen molar-refractivity contribution in [1.82, 2.24) is 0 Å². The molecule has 0 aromatic carbocycles. The third-order valence-corrected chi connectivity index (χ3v) is 1.41. The Balaban J connectivity index is 2.60. The Hall–Kier alpha value is 0.230. The van der Waals surface area contributed by atoms with Crippen molar-refractivity contribution in [2.75, 3.05) is 32.2 Å². The number of aliphatic hydroxyl groups is 1. The summed E-state index contributed by atoms with van der Waals surface area (Å²) in [6.07, 6.45) is 0. The molecular formula is C5H12O3S. The Morgan fingerprint density at radius 3 is 2.89 bits per heavy atom. The maximum absolute atomic E-state index is 8.32. The standard InChI is InChI=1S/C5H12O3S/c1-7-4-8-5-9-3-2-6/h6H,2-5H2,1H3. The molecule has 0 unspecified atom stereocenters. The van der Waals surface area contributed by atoms with E-state index in [9.17, 15) is 0 Å². The molecule has 0 aliphatic rings. The summed E-state index contributed by atoms with van der Waals surface area (Å²) in [6.45, 7) is 0.541. The van der Waals surface area contributed by atoms with E-state index in [0.717, 1.165) is 5.75 Å². The fraction of sp³-hybridized carbons (Fsp3) is 1.00. The number of hydrogen-bond acceptors (Lipinski definition) is 4. The van der Waals surface area contributed by atoms with Gasteiger partial charge in [-0.05, 0) is 0 Å². The molecule has 1 N–H and O–H groups in total. The van der Waals surface area contributed by atoms with Gasteiger partial charge in [-0.25, -0.2) is 0 Å². The van der Waals surface area contributed by atoms with Crippen molar-refractivity contribution in [2.45, 2.75) is 0 Å². The van der Waals surface area contributed by atoms with Gasteiger partial charge in [-0.3, -0.25) is 0 Å². The van der Waals surface area contributed by atoms with Crippen molar-refractivity contribution >= 4 is 11.8 Å². The Bertz CT molecular complexity index is 45.5. The zero-order chi connectivity index (χ0) is 6.95. The van der Waals surface area contributed by atoms with Crippen molar-refractivity contribution in [2.24, 2.45) is 0 Å². The molecule has 0 saturated heterocycles. The van der Waals surface area contributed by atoms with E-state index in [0.29, 0.717) is 12.7 Å². The summed E-state index contributed by atoms with van der Waals surface area (Å²) in [5.41, 5.74) is 0. The molecule has 56 valence electrons. The topological polar surface area (TPSA) is 38.7 Å². The lowest BCUT2D eigenvalue weighted by molar-refractivity contribution is -0.00973. The molecular weight excluding hydrogens is 140 g/mol. The van der Waals surface area contributed by atoms with Gasteiger partial charge in [0.1, 0.15) is 6.79 Å². The minimum Gasteiger partial charge on any atom is -0.396 e. The van der Waals surface area contributed by atoms with Crippen LogP contribution in [-0.2, 0) is 9.47 Å². The van der Waals surface area contributed by atoms with E-state index in [1.165, 1.54) is 0 Å². The number of aliphatic hydroxyl groups excluding tert-OH is 1. The fourth-order valence-electron chi connectivity index (χ4n) is 0.300. The van der Waals surface area contributed by atoms with Crippen LogP contribution in [0.25, 0.3) is 0 Å². The molecule has 0 saturated carbocycles. The van der Waals surface area contributed by atoms with Crippen LogP contribution in [-0.4, -0.2) is 37.3 Å². The van der Waals surface area contributed by atoms with E-state index in [1.807, 2.05) is 0 Å². The summed E-state index contributed by atoms with van der Waals surface area (Å²) >= 11 is 1.54. The van der Waals surface area contributed by atoms with Crippen LogP contribution >= 0.6 is 11.8 Å². The number of methoxy groups -OCH3 is 1. The zero-order valence-corrected chi connectivity index (χ0v) is 6.32. The van der Waals surface area contributed by atoms with Crippen molar-refractivity contribution in [3.05, 3.63) is 0 Å². The van der Waals surface area contributed by atoms with E-state index in [1.54, 1.807) is 18.9 Å². The lowest BCUT2D eigenvalue weighted by Crippen LogP contribution is -1.97. The maximum Gasteiger partial charge on any atom is 0.147 e. The number of ether oxygens (including phenoxy) is 2. The second kappa shape index (κ2) is 8.23. The monoisotopic (exact) mass is 152 g/mol. The van der Waals surface area contributed by atoms with Crippen LogP contribution < -0.4 is 0 Å². The van der Waals surface area contributed by atoms with Crippen LogP contribution in [0.15, 0.2) is 0 Å². The summed E-state index contributed by atoms with van der Waals surface area (Å²) in [4.78, 5) is 0. The third kappa shape index (κ3) is 8.23. The number of thioether (sulfide) groups is 1. The van der Waals surface area contributed by atoms with Gasteiger partial charge in [0.25, 0.3) is 0 Å². The van der Waals surface area contributed by atoms with E-state index in [-0.39, 0.29) is 6.61 Å². The molecule has 0 bridgehead atoms. The highest BCUT2D eigenvalue weighted by atomic mass is 32.2. The first-order chi connectivity index (χ1) is 4.41. The second-order valence-corrected chi connectivity index (χ2v) is 2.41. The normalized spacial score (nSPS) is 10.0. The molecule has 3 nitrogen and oxygen atoms in total. The molecule has 0 aromatic rings. The summed E-state index contributed by atoms with van der Waals surface area (Å²) in [6, 6.07) is 0. The SMILES string of the molecule is COCOCSCCO. The molecule has 0 rings (SSSR count). The van der Waals surface area contributed by atoms with E-state index in [2.05, 4.69) is 4.74 Å². The Labute approximate surface area is 59.3 Å². The third-order valence-electron chi connectivity index (χ3n) is 0.603. The molecule has 0 heterocycles. The first-order valence-electron chi connectivity index (χ1n) is 2.67. The van der Waals surface area contributed by atoms with E-state index < -0.39 is 0 Å². The van der Waals surface area contributed by atoms with Gasteiger partial charge in [-0.15, -0.1) is 11.8 Å². The molecule has 0 atom stereocenters. The van der Waals surface area contributed by atoms with Crippen LogP contribution in [0.3, 0.4) is 0 Å². The molecule has 0 fully saturated rings. The molecule has 0 aliphatic heterocycles. The molecule has 0 aliphatic carbocycles. The van der Waals surface area contributed by atoms with Crippen LogP contribution in [0.1, 0.15) is 0 Å². The maximum atomic E-state index is 8.32. The molecule has 0 spiro atoms. The van der Waals surface area contributed by atoms with Gasteiger partial charge in [0.15, 0.2) is 0 Å². The fourth-order valence-corrected chi connectivity index (χ4v) is 0.733. The van der Waals surface area contributed by atoms with Gasteiger partial charge in [-0.2, -0.15) is 0 Å². The van der Waals surface area contributed by atoms with Gasteiger partial charge in [-0.1, -0.05) is 0 Å². The Kier molecular flexibility index (Phi) is 8.44. The first kappa shape index (κ1) is 9.23. The zero-order valence-electron chi connectivity index (χ0n) is 5.50. The molecule has 0 amide bonds. The van der Waals surface area contributed by atoms with Crippen LogP contribution in [0.4, 0.5) is 0 Å². The van der Waals surface area contributed by atoms with E-state index in [4.69, 9.17) is 9.84 Å². The minimum atomic E-state index is 0.209. The quantitative estimate of drug-likeness (QED) is 0.438. The summed E-state index contributed by atoms with van der Waals surface area (Å²) in [5, 5.41) is 8.32. The lowest BCUT2D eigenvalue weighted by Gasteiger charge is -1.99. The summed E-state index contributed by atoms with van der Waals surface area (Å²) in [5.74, 6) is 1.32. The van der Waals surface area contributed by atoms with Crippen molar-refractivity contribution in [1.29, 1.82) is 0 Å². The van der Waals surface area contributed by atoms with Gasteiger partial charge in [0, 0.05) is 12.9 Å².